The molecule has 0 bridgehead atoms. The molecule has 0 saturated heterocycles. The summed E-state index contributed by atoms with van der Waals surface area (Å²) in [5, 5.41) is 7.04. The van der Waals surface area contributed by atoms with E-state index in [0.717, 1.165) is 39.2 Å². The second kappa shape index (κ2) is 8.29. The molecule has 1 amide bonds. The maximum atomic E-state index is 12.9. The van der Waals surface area contributed by atoms with Gasteiger partial charge in [0.2, 0.25) is 0 Å². The molecular weight excluding hydrogens is 436 g/mol. The van der Waals surface area contributed by atoms with E-state index < -0.39 is 0 Å². The first-order chi connectivity index (χ1) is 14.0. The molecular formula is C22H21BrN2O4. The number of halogens is 1. The normalized spacial score (nSPS) is 15.3. The number of carbonyl (C=O) groups is 1. The molecule has 7 heteroatoms. The van der Waals surface area contributed by atoms with Gasteiger partial charge in [0, 0.05) is 22.0 Å². The number of ether oxygens (including phenoxy) is 2. The third-order valence-corrected chi connectivity index (χ3v) is 5.47. The lowest BCUT2D eigenvalue weighted by atomic mass is 10.00. The average molecular weight is 457 g/mol. The molecule has 0 saturated carbocycles. The molecule has 1 N–H and O–H groups in total. The third-order valence-electron chi connectivity index (χ3n) is 4.98. The SMILES string of the molecule is Cc1noc(C)c1COc1cccc(C(=O)NC2CCOc3ccc(Br)cc32)c1. The molecule has 3 aromatic rings. The Morgan fingerprint density at radius 3 is 2.93 bits per heavy atom. The number of carbonyl (C=O) groups excluding carboxylic acids is 1. The Morgan fingerprint density at radius 2 is 2.14 bits per heavy atom. The van der Waals surface area contributed by atoms with Gasteiger partial charge < -0.3 is 19.3 Å². The van der Waals surface area contributed by atoms with Gasteiger partial charge in [-0.25, -0.2) is 0 Å². The lowest BCUT2D eigenvalue weighted by Crippen LogP contribution is -2.32. The topological polar surface area (TPSA) is 73.6 Å². The van der Waals surface area contributed by atoms with Gasteiger partial charge in [-0.2, -0.15) is 0 Å². The first-order valence-corrected chi connectivity index (χ1v) is 10.2. The maximum absolute atomic E-state index is 12.9. The zero-order valence-electron chi connectivity index (χ0n) is 16.2. The Labute approximate surface area is 177 Å². The molecule has 0 spiro atoms. The largest absolute Gasteiger partial charge is 0.493 e. The van der Waals surface area contributed by atoms with Crippen molar-refractivity contribution in [3.63, 3.8) is 0 Å². The molecule has 1 atom stereocenters. The van der Waals surface area contributed by atoms with E-state index in [1.165, 1.54) is 0 Å². The van der Waals surface area contributed by atoms with Crippen molar-refractivity contribution < 1.29 is 18.8 Å². The highest BCUT2D eigenvalue weighted by Crippen LogP contribution is 2.34. The number of hydrogen-bond acceptors (Lipinski definition) is 5. The zero-order valence-corrected chi connectivity index (χ0v) is 17.8. The Morgan fingerprint density at radius 1 is 1.28 bits per heavy atom. The van der Waals surface area contributed by atoms with E-state index in [4.69, 9.17) is 14.0 Å². The van der Waals surface area contributed by atoms with Crippen molar-refractivity contribution in [2.24, 2.45) is 0 Å². The second-order valence-electron chi connectivity index (χ2n) is 6.96. The number of nitrogens with one attached hydrogen (secondary N) is 1. The predicted octanol–water partition coefficient (Wildman–Crippen LogP) is 4.89. The quantitative estimate of drug-likeness (QED) is 0.591. The minimum absolute atomic E-state index is 0.101. The van der Waals surface area contributed by atoms with Crippen LogP contribution < -0.4 is 14.8 Å². The third kappa shape index (κ3) is 4.29. The van der Waals surface area contributed by atoms with Crippen LogP contribution in [0.5, 0.6) is 11.5 Å². The molecule has 0 radical (unpaired) electrons. The standard InChI is InChI=1S/C22H21BrN2O4/c1-13-19(14(2)29-25-13)12-28-17-5-3-4-15(10-17)22(26)24-20-8-9-27-21-7-6-16(23)11-18(20)21/h3-7,10-11,20H,8-9,12H2,1-2H3,(H,24,26). The fourth-order valence-electron chi connectivity index (χ4n) is 3.35. The van der Waals surface area contributed by atoms with Crippen molar-refractivity contribution in [2.75, 3.05) is 6.61 Å². The summed E-state index contributed by atoms with van der Waals surface area (Å²) in [7, 11) is 0. The highest BCUT2D eigenvalue weighted by atomic mass is 79.9. The predicted molar refractivity (Wildman–Crippen MR) is 111 cm³/mol. The van der Waals surface area contributed by atoms with Gasteiger partial charge >= 0.3 is 0 Å². The minimum atomic E-state index is -0.148. The summed E-state index contributed by atoms with van der Waals surface area (Å²) in [6.45, 7) is 4.64. The number of rotatable bonds is 5. The Bertz CT molecular complexity index is 1030. The van der Waals surface area contributed by atoms with E-state index in [1.54, 1.807) is 12.1 Å². The van der Waals surface area contributed by atoms with Gasteiger partial charge in [0.15, 0.2) is 0 Å². The maximum Gasteiger partial charge on any atom is 0.251 e. The van der Waals surface area contributed by atoms with Gasteiger partial charge in [-0.1, -0.05) is 27.2 Å². The van der Waals surface area contributed by atoms with Crippen LogP contribution >= 0.6 is 15.9 Å². The monoisotopic (exact) mass is 456 g/mol. The van der Waals surface area contributed by atoms with Crippen molar-refractivity contribution in [1.82, 2.24) is 10.5 Å². The van der Waals surface area contributed by atoms with Crippen LogP contribution in [0, 0.1) is 13.8 Å². The van der Waals surface area contributed by atoms with E-state index >= 15 is 0 Å². The molecule has 29 heavy (non-hydrogen) atoms. The Balaban J connectivity index is 1.46. The van der Waals surface area contributed by atoms with Gasteiger partial charge in [0.25, 0.3) is 5.91 Å². The molecule has 150 valence electrons. The lowest BCUT2D eigenvalue weighted by Gasteiger charge is -2.27. The van der Waals surface area contributed by atoms with Crippen LogP contribution in [0.15, 0.2) is 51.5 Å². The summed E-state index contributed by atoms with van der Waals surface area (Å²) >= 11 is 3.49. The number of aryl methyl sites for hydroxylation is 2. The number of amides is 1. The lowest BCUT2D eigenvalue weighted by molar-refractivity contribution is 0.0924. The molecule has 1 aliphatic rings. The van der Waals surface area contributed by atoms with Gasteiger partial charge in [0.1, 0.15) is 23.9 Å². The van der Waals surface area contributed by atoms with E-state index in [9.17, 15) is 4.79 Å². The van der Waals surface area contributed by atoms with Crippen molar-refractivity contribution in [2.45, 2.75) is 32.9 Å². The number of aromatic nitrogens is 1. The van der Waals surface area contributed by atoms with E-state index in [1.807, 2.05) is 44.2 Å². The van der Waals surface area contributed by atoms with E-state index in [-0.39, 0.29) is 11.9 Å². The molecule has 6 nitrogen and oxygen atoms in total. The summed E-state index contributed by atoms with van der Waals surface area (Å²) in [4.78, 5) is 12.9. The van der Waals surface area contributed by atoms with Gasteiger partial charge in [-0.3, -0.25) is 4.79 Å². The summed E-state index contributed by atoms with van der Waals surface area (Å²) in [5.41, 5.74) is 3.25. The number of hydrogen-bond donors (Lipinski definition) is 1. The molecule has 2 heterocycles. The first-order valence-electron chi connectivity index (χ1n) is 9.39. The molecule has 2 aromatic carbocycles. The van der Waals surface area contributed by atoms with Gasteiger partial charge in [0.05, 0.1) is 23.9 Å². The highest BCUT2D eigenvalue weighted by Gasteiger charge is 2.24. The van der Waals surface area contributed by atoms with Crippen LogP contribution in [0.4, 0.5) is 0 Å². The summed E-state index contributed by atoms with van der Waals surface area (Å²) in [6, 6.07) is 12.9. The Kier molecular flexibility index (Phi) is 5.58. The molecule has 1 aliphatic heterocycles. The summed E-state index contributed by atoms with van der Waals surface area (Å²) in [6.07, 6.45) is 0.720. The molecule has 4 rings (SSSR count). The van der Waals surface area contributed by atoms with Gasteiger partial charge in [-0.05, 0) is 50.2 Å². The first kappa shape index (κ1) is 19.5. The van der Waals surface area contributed by atoms with Crippen LogP contribution in [-0.2, 0) is 6.61 Å². The summed E-state index contributed by atoms with van der Waals surface area (Å²) in [5.74, 6) is 2.01. The van der Waals surface area contributed by atoms with E-state index in [0.29, 0.717) is 24.5 Å². The van der Waals surface area contributed by atoms with Crippen LogP contribution in [0.1, 0.15) is 45.4 Å². The van der Waals surface area contributed by atoms with Crippen LogP contribution in [0.25, 0.3) is 0 Å². The Hall–Kier alpha value is -2.80. The average Bonchev–Trinajstić information content (AvgIpc) is 3.04. The summed E-state index contributed by atoms with van der Waals surface area (Å²) < 4.78 is 17.7. The zero-order chi connectivity index (χ0) is 20.4. The van der Waals surface area contributed by atoms with Crippen molar-refractivity contribution in [3.8, 4) is 11.5 Å². The van der Waals surface area contributed by atoms with Crippen molar-refractivity contribution in [3.05, 3.63) is 75.1 Å². The highest BCUT2D eigenvalue weighted by molar-refractivity contribution is 9.10. The number of benzene rings is 2. The number of fused-ring (bicyclic) bond motifs is 1. The molecule has 0 fully saturated rings. The molecule has 1 aromatic heterocycles. The van der Waals surface area contributed by atoms with Crippen molar-refractivity contribution >= 4 is 21.8 Å². The molecule has 1 unspecified atom stereocenters. The fourth-order valence-corrected chi connectivity index (χ4v) is 3.73. The second-order valence-corrected chi connectivity index (χ2v) is 7.88. The van der Waals surface area contributed by atoms with Gasteiger partial charge in [-0.15, -0.1) is 0 Å². The minimum Gasteiger partial charge on any atom is -0.493 e. The van der Waals surface area contributed by atoms with Crippen LogP contribution in [-0.4, -0.2) is 17.7 Å². The molecule has 0 aliphatic carbocycles. The fraction of sp³-hybridized carbons (Fsp3) is 0.273. The van der Waals surface area contributed by atoms with Crippen LogP contribution in [0.3, 0.4) is 0 Å². The number of nitrogens with zero attached hydrogens (tertiary/aromatic N) is 1. The van der Waals surface area contributed by atoms with Crippen LogP contribution in [0.2, 0.25) is 0 Å². The van der Waals surface area contributed by atoms with Crippen molar-refractivity contribution in [1.29, 1.82) is 0 Å². The van der Waals surface area contributed by atoms with E-state index in [2.05, 4.69) is 26.4 Å². The smallest absolute Gasteiger partial charge is 0.251 e.